The van der Waals surface area contributed by atoms with Crippen molar-refractivity contribution in [2.45, 2.75) is 6.42 Å². The molecule has 2 aromatic heterocycles. The Morgan fingerprint density at radius 1 is 1.28 bits per heavy atom. The van der Waals surface area contributed by atoms with E-state index >= 15 is 0 Å². The number of aromatic nitrogens is 3. The van der Waals surface area contributed by atoms with Crippen LogP contribution < -0.4 is 15.8 Å². The van der Waals surface area contributed by atoms with E-state index < -0.39 is 11.6 Å². The third-order valence-corrected chi connectivity index (χ3v) is 4.40. The minimum Gasteiger partial charge on any atom is -0.496 e. The van der Waals surface area contributed by atoms with Crippen molar-refractivity contribution in [3.8, 4) is 22.9 Å². The summed E-state index contributed by atoms with van der Waals surface area (Å²) >= 11 is 6.06. The van der Waals surface area contributed by atoms with Crippen LogP contribution in [0.4, 0.5) is 20.4 Å². The van der Waals surface area contributed by atoms with Gasteiger partial charge in [0.05, 0.1) is 23.9 Å². The van der Waals surface area contributed by atoms with E-state index in [9.17, 15) is 14.0 Å². The summed E-state index contributed by atoms with van der Waals surface area (Å²) < 4.78 is 33.7. The summed E-state index contributed by atoms with van der Waals surface area (Å²) in [4.78, 5) is 11.5. The molecule has 3 N–H and O–H groups in total. The second kappa shape index (κ2) is 8.67. The minimum atomic E-state index is -0.733. The number of methoxy groups -OCH3 is 1. The second-order valence-electron chi connectivity index (χ2n) is 5.90. The number of rotatable bonds is 6. The summed E-state index contributed by atoms with van der Waals surface area (Å²) in [5.74, 6) is -0.792. The van der Waals surface area contributed by atoms with Gasteiger partial charge in [0.2, 0.25) is 0 Å². The lowest BCUT2D eigenvalue weighted by molar-refractivity contribution is 0.408. The molecule has 0 unspecified atom stereocenters. The molecule has 0 aliphatic carbocycles. The van der Waals surface area contributed by atoms with E-state index in [1.807, 2.05) is 6.07 Å². The van der Waals surface area contributed by atoms with Gasteiger partial charge in [-0.25, -0.2) is 18.7 Å². The van der Waals surface area contributed by atoms with Crippen LogP contribution >= 0.6 is 11.6 Å². The average molecular weight is 417 g/mol. The third kappa shape index (κ3) is 4.17. The molecule has 0 saturated heterocycles. The fraction of sp³-hybridized carbons (Fsp3) is 0.158. The molecular formula is C19H15ClF2N6O. The van der Waals surface area contributed by atoms with Crippen LogP contribution in [0.2, 0.25) is 5.02 Å². The Bertz CT molecular complexity index is 1100. The molecule has 2 heterocycles. The molecule has 0 radical (unpaired) electrons. The fourth-order valence-electron chi connectivity index (χ4n) is 2.85. The highest BCUT2D eigenvalue weighted by Gasteiger charge is 2.20. The van der Waals surface area contributed by atoms with Gasteiger partial charge in [-0.05, 0) is 24.1 Å². The van der Waals surface area contributed by atoms with Gasteiger partial charge < -0.3 is 15.8 Å². The first-order valence-electron chi connectivity index (χ1n) is 8.36. The number of hydrogen-bond acceptors (Lipinski definition) is 7. The van der Waals surface area contributed by atoms with Crippen molar-refractivity contribution in [3.05, 3.63) is 58.6 Å². The topological polar surface area (TPSA) is 110 Å². The number of benzene rings is 1. The van der Waals surface area contributed by atoms with Crippen LogP contribution in [0.1, 0.15) is 11.1 Å². The zero-order valence-electron chi connectivity index (χ0n) is 15.2. The standard InChI is InChI=1S/C19H15ClF2N6O/c1-29-17-10(2-3-26-19-13(6-23)18(24)27-9-28-19)5-14(20)16(22)15(17)11-4-12(21)8-25-7-11/h4-5,7-9H,2-3H2,1H3,(H3,24,26,27,28). The number of hydrogen-bond donors (Lipinski definition) is 2. The van der Waals surface area contributed by atoms with Gasteiger partial charge in [0, 0.05) is 18.3 Å². The molecule has 0 atom stereocenters. The quantitative estimate of drug-likeness (QED) is 0.631. The molecule has 29 heavy (non-hydrogen) atoms. The van der Waals surface area contributed by atoms with Gasteiger partial charge in [0.1, 0.15) is 41.2 Å². The Morgan fingerprint density at radius 3 is 2.76 bits per heavy atom. The highest BCUT2D eigenvalue weighted by atomic mass is 35.5. The summed E-state index contributed by atoms with van der Waals surface area (Å²) in [6.45, 7) is 0.310. The van der Waals surface area contributed by atoms with Crippen LogP contribution in [0.3, 0.4) is 0 Å². The van der Waals surface area contributed by atoms with Crippen LogP contribution in [-0.2, 0) is 6.42 Å². The molecule has 7 nitrogen and oxygen atoms in total. The van der Waals surface area contributed by atoms with E-state index in [2.05, 4.69) is 20.3 Å². The van der Waals surface area contributed by atoms with Gasteiger partial charge in [-0.1, -0.05) is 11.6 Å². The predicted molar refractivity (Wildman–Crippen MR) is 105 cm³/mol. The van der Waals surface area contributed by atoms with Gasteiger partial charge in [-0.15, -0.1) is 0 Å². The summed E-state index contributed by atoms with van der Waals surface area (Å²) in [6.07, 6.45) is 3.92. The van der Waals surface area contributed by atoms with Crippen LogP contribution in [0.5, 0.6) is 5.75 Å². The Kier molecular flexibility index (Phi) is 6.04. The van der Waals surface area contributed by atoms with Crippen LogP contribution in [0.15, 0.2) is 30.9 Å². The first kappa shape index (κ1) is 20.2. The monoisotopic (exact) mass is 416 g/mol. The molecule has 0 amide bonds. The zero-order chi connectivity index (χ0) is 21.0. The molecule has 0 saturated carbocycles. The largest absolute Gasteiger partial charge is 0.496 e. The first-order chi connectivity index (χ1) is 14.0. The SMILES string of the molecule is COc1c(CCNc2ncnc(N)c2C#N)cc(Cl)c(F)c1-c1cncc(F)c1. The summed E-state index contributed by atoms with van der Waals surface area (Å²) in [7, 11) is 1.38. The fourth-order valence-corrected chi connectivity index (χ4v) is 3.07. The molecule has 3 aromatic rings. The van der Waals surface area contributed by atoms with Gasteiger partial charge >= 0.3 is 0 Å². The Hall–Kier alpha value is -3.51. The zero-order valence-corrected chi connectivity index (χ0v) is 16.0. The summed E-state index contributed by atoms with van der Waals surface area (Å²) in [6, 6.07) is 4.52. The maximum absolute atomic E-state index is 14.7. The van der Waals surface area contributed by atoms with E-state index in [1.165, 1.54) is 25.7 Å². The van der Waals surface area contributed by atoms with Crippen LogP contribution in [-0.4, -0.2) is 28.6 Å². The number of halogens is 3. The number of nitrogens with two attached hydrogens (primary N) is 1. The Morgan fingerprint density at radius 2 is 2.07 bits per heavy atom. The van der Waals surface area contributed by atoms with E-state index in [1.54, 1.807) is 0 Å². The second-order valence-corrected chi connectivity index (χ2v) is 6.31. The molecule has 148 valence electrons. The number of nitrogens with zero attached hydrogens (tertiary/aromatic N) is 4. The Labute approximate surface area is 170 Å². The lowest BCUT2D eigenvalue weighted by Crippen LogP contribution is -2.11. The van der Waals surface area contributed by atoms with Gasteiger partial charge in [0.15, 0.2) is 5.82 Å². The molecule has 0 fully saturated rings. The van der Waals surface area contributed by atoms with E-state index in [-0.39, 0.29) is 39.1 Å². The molecule has 0 spiro atoms. The smallest absolute Gasteiger partial charge is 0.153 e. The van der Waals surface area contributed by atoms with Crippen molar-refractivity contribution in [3.63, 3.8) is 0 Å². The number of pyridine rings is 1. The molecule has 0 aliphatic rings. The van der Waals surface area contributed by atoms with Crippen molar-refractivity contribution >= 4 is 23.2 Å². The molecular weight excluding hydrogens is 402 g/mol. The number of anilines is 2. The number of nitriles is 1. The summed E-state index contributed by atoms with van der Waals surface area (Å²) in [5, 5.41) is 12.0. The van der Waals surface area contributed by atoms with Crippen molar-refractivity contribution in [1.29, 1.82) is 5.26 Å². The maximum Gasteiger partial charge on any atom is 0.153 e. The maximum atomic E-state index is 14.7. The first-order valence-corrected chi connectivity index (χ1v) is 8.74. The lowest BCUT2D eigenvalue weighted by Gasteiger charge is -2.16. The predicted octanol–water partition coefficient (Wildman–Crippen LogP) is 3.59. The molecule has 0 bridgehead atoms. The highest BCUT2D eigenvalue weighted by molar-refractivity contribution is 6.31. The van der Waals surface area contributed by atoms with E-state index in [4.69, 9.17) is 22.1 Å². The van der Waals surface area contributed by atoms with Crippen LogP contribution in [0.25, 0.3) is 11.1 Å². The highest BCUT2D eigenvalue weighted by Crippen LogP contribution is 2.39. The van der Waals surface area contributed by atoms with Gasteiger partial charge in [-0.2, -0.15) is 5.26 Å². The molecule has 10 heteroatoms. The Balaban J connectivity index is 1.93. The van der Waals surface area contributed by atoms with Crippen molar-refractivity contribution in [2.24, 2.45) is 0 Å². The van der Waals surface area contributed by atoms with Gasteiger partial charge in [0.25, 0.3) is 0 Å². The number of nitrogen functional groups attached to an aromatic ring is 1. The van der Waals surface area contributed by atoms with Crippen molar-refractivity contribution in [1.82, 2.24) is 15.0 Å². The third-order valence-electron chi connectivity index (χ3n) is 4.12. The average Bonchev–Trinajstić information content (AvgIpc) is 2.70. The molecule has 1 aromatic carbocycles. The number of nitrogens with one attached hydrogen (secondary N) is 1. The van der Waals surface area contributed by atoms with Crippen molar-refractivity contribution < 1.29 is 13.5 Å². The van der Waals surface area contributed by atoms with E-state index in [0.717, 1.165) is 12.3 Å². The van der Waals surface area contributed by atoms with E-state index in [0.29, 0.717) is 18.5 Å². The van der Waals surface area contributed by atoms with Gasteiger partial charge in [-0.3, -0.25) is 4.98 Å². The normalized spacial score (nSPS) is 10.4. The molecule has 3 rings (SSSR count). The summed E-state index contributed by atoms with van der Waals surface area (Å²) in [5.41, 5.74) is 6.59. The lowest BCUT2D eigenvalue weighted by atomic mass is 10.00. The van der Waals surface area contributed by atoms with Crippen molar-refractivity contribution in [2.75, 3.05) is 24.7 Å². The number of ether oxygens (including phenoxy) is 1. The molecule has 0 aliphatic heterocycles. The van der Waals surface area contributed by atoms with Crippen LogP contribution in [0, 0.1) is 23.0 Å². The minimum absolute atomic E-state index is 0.0194.